The highest BCUT2D eigenvalue weighted by molar-refractivity contribution is 5.35. The maximum Gasteiger partial charge on any atom is 0.245 e. The molecule has 0 bridgehead atoms. The third-order valence-electron chi connectivity index (χ3n) is 3.89. The van der Waals surface area contributed by atoms with Crippen molar-refractivity contribution in [1.82, 2.24) is 20.2 Å². The second kappa shape index (κ2) is 6.03. The standard InChI is InChI=1S/C15H20N6/c1-11-12(2)19-20-15(18-11)21-8-6-13(10-21)9-17-14-5-3-4-7-16-14/h3-5,7,13H,6,8-10H2,1-2H3,(H,16,17)/t13-/m1/s1. The normalized spacial score (nSPS) is 18.0. The first kappa shape index (κ1) is 13.7. The fourth-order valence-corrected chi connectivity index (χ4v) is 2.48. The Hall–Kier alpha value is -2.24. The minimum Gasteiger partial charge on any atom is -0.370 e. The van der Waals surface area contributed by atoms with Crippen LogP contribution in [0.5, 0.6) is 0 Å². The summed E-state index contributed by atoms with van der Waals surface area (Å²) in [7, 11) is 0. The summed E-state index contributed by atoms with van der Waals surface area (Å²) in [5.74, 6) is 2.26. The lowest BCUT2D eigenvalue weighted by Crippen LogP contribution is -2.25. The molecule has 1 saturated heterocycles. The van der Waals surface area contributed by atoms with Crippen LogP contribution in [0.25, 0.3) is 0 Å². The van der Waals surface area contributed by atoms with E-state index in [4.69, 9.17) is 0 Å². The number of pyridine rings is 1. The van der Waals surface area contributed by atoms with Crippen molar-refractivity contribution >= 4 is 11.8 Å². The maximum absolute atomic E-state index is 4.53. The summed E-state index contributed by atoms with van der Waals surface area (Å²) in [6.45, 7) is 6.78. The van der Waals surface area contributed by atoms with Gasteiger partial charge in [0.2, 0.25) is 5.95 Å². The van der Waals surface area contributed by atoms with Crippen molar-refractivity contribution in [1.29, 1.82) is 0 Å². The molecule has 1 atom stereocenters. The molecule has 3 rings (SSSR count). The van der Waals surface area contributed by atoms with Gasteiger partial charge in [-0.2, -0.15) is 5.10 Å². The van der Waals surface area contributed by atoms with Crippen LogP contribution in [0.3, 0.4) is 0 Å². The Balaban J connectivity index is 1.56. The number of hydrogen-bond acceptors (Lipinski definition) is 6. The van der Waals surface area contributed by atoms with Crippen LogP contribution in [-0.2, 0) is 0 Å². The molecule has 0 saturated carbocycles. The lowest BCUT2D eigenvalue weighted by atomic mass is 10.1. The average molecular weight is 284 g/mol. The highest BCUT2D eigenvalue weighted by Gasteiger charge is 2.24. The quantitative estimate of drug-likeness (QED) is 0.924. The zero-order valence-electron chi connectivity index (χ0n) is 12.5. The number of hydrogen-bond donors (Lipinski definition) is 1. The summed E-state index contributed by atoms with van der Waals surface area (Å²) in [6.07, 6.45) is 2.94. The molecule has 0 unspecified atom stereocenters. The third-order valence-corrected chi connectivity index (χ3v) is 3.89. The van der Waals surface area contributed by atoms with E-state index in [1.54, 1.807) is 6.20 Å². The van der Waals surface area contributed by atoms with Gasteiger partial charge in [-0.3, -0.25) is 0 Å². The van der Waals surface area contributed by atoms with Crippen LogP contribution in [0.1, 0.15) is 17.8 Å². The molecule has 6 heteroatoms. The van der Waals surface area contributed by atoms with Gasteiger partial charge in [-0.25, -0.2) is 9.97 Å². The van der Waals surface area contributed by atoms with Gasteiger partial charge in [0, 0.05) is 25.8 Å². The molecule has 1 fully saturated rings. The largest absolute Gasteiger partial charge is 0.370 e. The Kier molecular flexibility index (Phi) is 3.94. The van der Waals surface area contributed by atoms with E-state index in [9.17, 15) is 0 Å². The summed E-state index contributed by atoms with van der Waals surface area (Å²) in [6, 6.07) is 5.90. The molecule has 1 aliphatic heterocycles. The molecule has 1 N–H and O–H groups in total. The van der Waals surface area contributed by atoms with E-state index >= 15 is 0 Å². The van der Waals surface area contributed by atoms with Gasteiger partial charge in [0.05, 0.1) is 11.4 Å². The molecule has 0 aliphatic carbocycles. The van der Waals surface area contributed by atoms with Crippen molar-refractivity contribution in [3.05, 3.63) is 35.8 Å². The zero-order chi connectivity index (χ0) is 14.7. The van der Waals surface area contributed by atoms with Gasteiger partial charge in [0.1, 0.15) is 5.82 Å². The van der Waals surface area contributed by atoms with Crippen molar-refractivity contribution in [2.24, 2.45) is 5.92 Å². The van der Waals surface area contributed by atoms with Crippen LogP contribution in [0, 0.1) is 19.8 Å². The summed E-state index contributed by atoms with van der Waals surface area (Å²) in [5, 5.41) is 11.8. The molecule has 0 amide bonds. The van der Waals surface area contributed by atoms with E-state index in [0.29, 0.717) is 5.92 Å². The van der Waals surface area contributed by atoms with E-state index in [1.807, 2.05) is 32.0 Å². The molecule has 21 heavy (non-hydrogen) atoms. The topological polar surface area (TPSA) is 66.8 Å². The van der Waals surface area contributed by atoms with Crippen LogP contribution in [0.4, 0.5) is 11.8 Å². The number of anilines is 2. The molecule has 2 aromatic heterocycles. The predicted octanol–water partition coefficient (Wildman–Crippen LogP) is 1.82. The Morgan fingerprint density at radius 3 is 2.90 bits per heavy atom. The minimum absolute atomic E-state index is 0.581. The van der Waals surface area contributed by atoms with Crippen molar-refractivity contribution in [3.8, 4) is 0 Å². The smallest absolute Gasteiger partial charge is 0.245 e. The number of aryl methyl sites for hydroxylation is 2. The molecule has 6 nitrogen and oxygen atoms in total. The summed E-state index contributed by atoms with van der Waals surface area (Å²) < 4.78 is 0. The van der Waals surface area contributed by atoms with Gasteiger partial charge in [-0.05, 0) is 38.3 Å². The predicted molar refractivity (Wildman–Crippen MR) is 82.3 cm³/mol. The van der Waals surface area contributed by atoms with Gasteiger partial charge in [0.15, 0.2) is 0 Å². The van der Waals surface area contributed by atoms with Crippen molar-refractivity contribution in [2.75, 3.05) is 29.9 Å². The summed E-state index contributed by atoms with van der Waals surface area (Å²) in [4.78, 5) is 11.0. The summed E-state index contributed by atoms with van der Waals surface area (Å²) in [5.41, 5.74) is 1.85. The molecule has 0 aromatic carbocycles. The first-order valence-electron chi connectivity index (χ1n) is 7.30. The van der Waals surface area contributed by atoms with Crippen LogP contribution in [0.15, 0.2) is 24.4 Å². The Morgan fingerprint density at radius 2 is 2.14 bits per heavy atom. The first-order chi connectivity index (χ1) is 10.2. The van der Waals surface area contributed by atoms with Gasteiger partial charge in [-0.1, -0.05) is 6.07 Å². The molecular weight excluding hydrogens is 264 g/mol. The number of rotatable bonds is 4. The summed E-state index contributed by atoms with van der Waals surface area (Å²) >= 11 is 0. The van der Waals surface area contributed by atoms with E-state index in [-0.39, 0.29) is 0 Å². The second-order valence-corrected chi connectivity index (χ2v) is 5.48. The number of nitrogens with zero attached hydrogens (tertiary/aromatic N) is 5. The van der Waals surface area contributed by atoms with Gasteiger partial charge in [-0.15, -0.1) is 5.10 Å². The average Bonchev–Trinajstić information content (AvgIpc) is 2.98. The second-order valence-electron chi connectivity index (χ2n) is 5.48. The van der Waals surface area contributed by atoms with Gasteiger partial charge in [0.25, 0.3) is 0 Å². The SMILES string of the molecule is Cc1nnc(N2CC[C@H](CNc3ccccn3)C2)nc1C. The van der Waals surface area contributed by atoms with Gasteiger partial charge >= 0.3 is 0 Å². The maximum atomic E-state index is 4.53. The van der Waals surface area contributed by atoms with Crippen LogP contribution in [0.2, 0.25) is 0 Å². The van der Waals surface area contributed by atoms with Crippen molar-refractivity contribution in [2.45, 2.75) is 20.3 Å². The Bertz CT molecular complexity index is 600. The van der Waals surface area contributed by atoms with Crippen LogP contribution < -0.4 is 10.2 Å². The highest BCUT2D eigenvalue weighted by atomic mass is 15.3. The van der Waals surface area contributed by atoms with Crippen molar-refractivity contribution < 1.29 is 0 Å². The molecule has 3 heterocycles. The lowest BCUT2D eigenvalue weighted by Gasteiger charge is -2.16. The number of aromatic nitrogens is 4. The molecule has 110 valence electrons. The van der Waals surface area contributed by atoms with E-state index in [2.05, 4.69) is 30.4 Å². The number of nitrogens with one attached hydrogen (secondary N) is 1. The fraction of sp³-hybridized carbons (Fsp3) is 0.467. The van der Waals surface area contributed by atoms with E-state index in [1.165, 1.54) is 0 Å². The van der Waals surface area contributed by atoms with Crippen molar-refractivity contribution in [3.63, 3.8) is 0 Å². The molecule has 2 aromatic rings. The molecule has 0 radical (unpaired) electrons. The first-order valence-corrected chi connectivity index (χ1v) is 7.30. The Labute approximate surface area is 124 Å². The molecule has 1 aliphatic rings. The fourth-order valence-electron chi connectivity index (χ4n) is 2.48. The van der Waals surface area contributed by atoms with Gasteiger partial charge < -0.3 is 10.2 Å². The zero-order valence-corrected chi connectivity index (χ0v) is 12.5. The highest BCUT2D eigenvalue weighted by Crippen LogP contribution is 2.21. The Morgan fingerprint density at radius 1 is 1.24 bits per heavy atom. The van der Waals surface area contributed by atoms with E-state index in [0.717, 1.165) is 49.2 Å². The van der Waals surface area contributed by atoms with Crippen LogP contribution in [-0.4, -0.2) is 39.8 Å². The monoisotopic (exact) mass is 284 g/mol. The minimum atomic E-state index is 0.581. The molecular formula is C15H20N6. The van der Waals surface area contributed by atoms with E-state index < -0.39 is 0 Å². The lowest BCUT2D eigenvalue weighted by molar-refractivity contribution is 0.619. The van der Waals surface area contributed by atoms with Crippen LogP contribution >= 0.6 is 0 Å². The molecule has 0 spiro atoms. The third kappa shape index (κ3) is 3.26.